The van der Waals surface area contributed by atoms with Gasteiger partial charge in [-0.25, -0.2) is 4.39 Å². The number of aromatic nitrogens is 3. The summed E-state index contributed by atoms with van der Waals surface area (Å²) >= 11 is 0. The van der Waals surface area contributed by atoms with Crippen LogP contribution in [0, 0.1) is 5.82 Å². The molecule has 1 amide bonds. The predicted molar refractivity (Wildman–Crippen MR) is 72.5 cm³/mol. The van der Waals surface area contributed by atoms with Gasteiger partial charge < -0.3 is 10.0 Å². The van der Waals surface area contributed by atoms with Crippen LogP contribution in [0.25, 0.3) is 5.69 Å². The summed E-state index contributed by atoms with van der Waals surface area (Å²) < 4.78 is 12.9. The van der Waals surface area contributed by atoms with Crippen molar-refractivity contribution in [2.45, 2.75) is 18.9 Å². The number of carbonyl (C=O) groups is 1. The van der Waals surface area contributed by atoms with Crippen LogP contribution in [-0.4, -0.2) is 50.1 Å². The predicted octanol–water partition coefficient (Wildman–Crippen LogP) is 1.00. The Kier molecular flexibility index (Phi) is 3.66. The van der Waals surface area contributed by atoms with Gasteiger partial charge in [-0.2, -0.15) is 9.90 Å². The summed E-state index contributed by atoms with van der Waals surface area (Å²) in [5.74, 6) is -0.579. The fraction of sp³-hybridized carbons (Fsp3) is 0.357. The monoisotopic (exact) mass is 290 g/mol. The fourth-order valence-electron chi connectivity index (χ4n) is 2.50. The smallest absolute Gasteiger partial charge is 0.276 e. The number of nitrogens with zero attached hydrogens (tertiary/aromatic N) is 4. The Morgan fingerprint density at radius 2 is 2.14 bits per heavy atom. The first-order chi connectivity index (χ1) is 10.2. The Balaban J connectivity index is 1.81. The van der Waals surface area contributed by atoms with Crippen LogP contribution < -0.4 is 0 Å². The molecule has 1 aromatic heterocycles. The molecule has 3 rings (SSSR count). The van der Waals surface area contributed by atoms with Gasteiger partial charge in [0.15, 0.2) is 5.69 Å². The van der Waals surface area contributed by atoms with E-state index in [-0.39, 0.29) is 30.1 Å². The zero-order valence-corrected chi connectivity index (χ0v) is 11.3. The maximum atomic E-state index is 12.9. The third kappa shape index (κ3) is 2.64. The second-order valence-electron chi connectivity index (χ2n) is 4.97. The van der Waals surface area contributed by atoms with E-state index in [9.17, 15) is 14.3 Å². The maximum Gasteiger partial charge on any atom is 0.276 e. The van der Waals surface area contributed by atoms with E-state index in [0.29, 0.717) is 12.2 Å². The van der Waals surface area contributed by atoms with Gasteiger partial charge in [0, 0.05) is 6.54 Å². The average molecular weight is 290 g/mol. The van der Waals surface area contributed by atoms with E-state index >= 15 is 0 Å². The molecular formula is C14H15FN4O2. The number of hydrogen-bond donors (Lipinski definition) is 1. The summed E-state index contributed by atoms with van der Waals surface area (Å²) in [7, 11) is 0. The molecule has 0 saturated carbocycles. The van der Waals surface area contributed by atoms with Crippen molar-refractivity contribution in [3.8, 4) is 5.69 Å². The molecule has 1 fully saturated rings. The quantitative estimate of drug-likeness (QED) is 0.915. The fourth-order valence-corrected chi connectivity index (χ4v) is 2.50. The number of halogens is 1. The Bertz CT molecular complexity index is 641. The minimum absolute atomic E-state index is 0.0438. The van der Waals surface area contributed by atoms with Gasteiger partial charge in [-0.05, 0) is 37.1 Å². The van der Waals surface area contributed by atoms with Crippen molar-refractivity contribution in [2.75, 3.05) is 13.2 Å². The van der Waals surface area contributed by atoms with E-state index < -0.39 is 0 Å². The van der Waals surface area contributed by atoms with Gasteiger partial charge in [-0.15, -0.1) is 5.10 Å². The highest BCUT2D eigenvalue weighted by Crippen LogP contribution is 2.19. The Morgan fingerprint density at radius 1 is 1.38 bits per heavy atom. The summed E-state index contributed by atoms with van der Waals surface area (Å²) in [6, 6.07) is 5.55. The molecule has 1 aliphatic heterocycles. The van der Waals surface area contributed by atoms with Gasteiger partial charge in [0.25, 0.3) is 5.91 Å². The van der Waals surface area contributed by atoms with Gasteiger partial charge in [0.1, 0.15) is 5.82 Å². The van der Waals surface area contributed by atoms with E-state index in [2.05, 4.69) is 10.2 Å². The molecular weight excluding hydrogens is 275 g/mol. The van der Waals surface area contributed by atoms with Crippen molar-refractivity contribution in [3.05, 3.63) is 42.0 Å². The third-order valence-electron chi connectivity index (χ3n) is 3.62. The molecule has 6 nitrogen and oxygen atoms in total. The van der Waals surface area contributed by atoms with Crippen molar-refractivity contribution >= 4 is 5.91 Å². The van der Waals surface area contributed by atoms with E-state index in [4.69, 9.17) is 0 Å². The lowest BCUT2D eigenvalue weighted by molar-refractivity contribution is 0.0671. The minimum Gasteiger partial charge on any atom is -0.394 e. The Labute approximate surface area is 120 Å². The first kappa shape index (κ1) is 13.7. The maximum absolute atomic E-state index is 12.9. The number of amides is 1. The summed E-state index contributed by atoms with van der Waals surface area (Å²) in [6.45, 7) is 0.575. The Hall–Kier alpha value is -2.28. The zero-order chi connectivity index (χ0) is 14.8. The van der Waals surface area contributed by atoms with Gasteiger partial charge in [0.05, 0.1) is 24.5 Å². The van der Waals surface area contributed by atoms with Gasteiger partial charge in [-0.3, -0.25) is 4.79 Å². The normalized spacial score (nSPS) is 18.2. The van der Waals surface area contributed by atoms with Crippen LogP contribution in [0.15, 0.2) is 30.5 Å². The lowest BCUT2D eigenvalue weighted by atomic mass is 10.2. The van der Waals surface area contributed by atoms with Gasteiger partial charge >= 0.3 is 0 Å². The van der Waals surface area contributed by atoms with Crippen molar-refractivity contribution in [1.82, 2.24) is 19.9 Å². The Morgan fingerprint density at radius 3 is 2.86 bits per heavy atom. The highest BCUT2D eigenvalue weighted by atomic mass is 19.1. The van der Waals surface area contributed by atoms with Crippen LogP contribution in [0.5, 0.6) is 0 Å². The van der Waals surface area contributed by atoms with Crippen molar-refractivity contribution in [3.63, 3.8) is 0 Å². The molecule has 21 heavy (non-hydrogen) atoms. The summed E-state index contributed by atoms with van der Waals surface area (Å²) in [6.07, 6.45) is 3.07. The summed E-state index contributed by atoms with van der Waals surface area (Å²) in [5.41, 5.74) is 0.801. The number of hydrogen-bond acceptors (Lipinski definition) is 4. The van der Waals surface area contributed by atoms with E-state index in [0.717, 1.165) is 12.8 Å². The van der Waals surface area contributed by atoms with Crippen LogP contribution in [0.1, 0.15) is 23.3 Å². The molecule has 0 bridgehead atoms. The molecule has 1 aromatic carbocycles. The van der Waals surface area contributed by atoms with E-state index in [1.807, 2.05) is 0 Å². The van der Waals surface area contributed by atoms with Crippen LogP contribution in [0.4, 0.5) is 4.39 Å². The van der Waals surface area contributed by atoms with E-state index in [1.165, 1.54) is 35.3 Å². The molecule has 110 valence electrons. The molecule has 2 aromatic rings. The van der Waals surface area contributed by atoms with Crippen molar-refractivity contribution in [2.24, 2.45) is 0 Å². The number of likely N-dealkylation sites (tertiary alicyclic amines) is 1. The number of aliphatic hydroxyl groups is 1. The molecule has 1 N–H and O–H groups in total. The molecule has 7 heteroatoms. The first-order valence-electron chi connectivity index (χ1n) is 6.79. The third-order valence-corrected chi connectivity index (χ3v) is 3.62. The molecule has 1 aliphatic rings. The molecule has 0 radical (unpaired) electrons. The van der Waals surface area contributed by atoms with Crippen LogP contribution >= 0.6 is 0 Å². The molecule has 1 saturated heterocycles. The van der Waals surface area contributed by atoms with Crippen molar-refractivity contribution in [1.29, 1.82) is 0 Å². The molecule has 0 spiro atoms. The standard InChI is InChI=1S/C14H15FN4O2/c15-10-3-5-11(6-4-10)19-16-8-13(17-19)14(21)18-7-1-2-12(18)9-20/h3-6,8,12,20H,1-2,7,9H2/t12-/m1/s1. The number of rotatable bonds is 3. The average Bonchev–Trinajstić information content (AvgIpc) is 3.16. The molecule has 0 unspecified atom stereocenters. The van der Waals surface area contributed by atoms with E-state index in [1.54, 1.807) is 4.90 Å². The second kappa shape index (κ2) is 5.61. The summed E-state index contributed by atoms with van der Waals surface area (Å²) in [5, 5.41) is 17.4. The van der Waals surface area contributed by atoms with Crippen LogP contribution in [0.3, 0.4) is 0 Å². The lowest BCUT2D eigenvalue weighted by Crippen LogP contribution is -2.37. The lowest BCUT2D eigenvalue weighted by Gasteiger charge is -2.21. The van der Waals surface area contributed by atoms with Gasteiger partial charge in [0.2, 0.25) is 0 Å². The van der Waals surface area contributed by atoms with Crippen LogP contribution in [-0.2, 0) is 0 Å². The molecule has 2 heterocycles. The molecule has 1 atom stereocenters. The number of aliphatic hydroxyl groups excluding tert-OH is 1. The zero-order valence-electron chi connectivity index (χ0n) is 11.3. The second-order valence-corrected chi connectivity index (χ2v) is 4.97. The molecule has 0 aliphatic carbocycles. The topological polar surface area (TPSA) is 71.2 Å². The minimum atomic E-state index is -0.343. The first-order valence-corrected chi connectivity index (χ1v) is 6.79. The highest BCUT2D eigenvalue weighted by Gasteiger charge is 2.30. The largest absolute Gasteiger partial charge is 0.394 e. The number of carbonyl (C=O) groups excluding carboxylic acids is 1. The summed E-state index contributed by atoms with van der Waals surface area (Å²) in [4.78, 5) is 15.3. The SMILES string of the molecule is O=C(c1cnn(-c2ccc(F)cc2)n1)N1CCC[C@@H]1CO. The highest BCUT2D eigenvalue weighted by molar-refractivity contribution is 5.92. The van der Waals surface area contributed by atoms with Gasteiger partial charge in [-0.1, -0.05) is 0 Å². The number of benzene rings is 1. The van der Waals surface area contributed by atoms with Crippen molar-refractivity contribution < 1.29 is 14.3 Å². The van der Waals surface area contributed by atoms with Crippen LogP contribution in [0.2, 0.25) is 0 Å².